The molecule has 0 aliphatic rings. The first-order valence-electron chi connectivity index (χ1n) is 8.22. The van der Waals surface area contributed by atoms with Gasteiger partial charge in [-0.15, -0.1) is 0 Å². The summed E-state index contributed by atoms with van der Waals surface area (Å²) < 4.78 is 9.99. The highest BCUT2D eigenvalue weighted by Gasteiger charge is 2.16. The average Bonchev–Trinajstić information content (AvgIpc) is 2.64. The second-order valence-electron chi connectivity index (χ2n) is 5.90. The standard InChI is InChI=1S/C20H18N2O5/c1-12-15(21-18(23)11-26-2)7-5-8-16(12)22-19(24)14-10-13-6-3-4-9-17(13)27-20(14)25/h3-10H,11H2,1-2H3,(H,21,23)(H,22,24). The van der Waals surface area contributed by atoms with Crippen LogP contribution in [0.4, 0.5) is 11.4 Å². The SMILES string of the molecule is COCC(=O)Nc1cccc(NC(=O)c2cc3ccccc3oc2=O)c1C. The number of amides is 2. The Morgan fingerprint density at radius 1 is 1.04 bits per heavy atom. The molecule has 1 heterocycles. The van der Waals surface area contributed by atoms with Crippen LogP contribution in [0.5, 0.6) is 0 Å². The first kappa shape index (κ1) is 18.3. The van der Waals surface area contributed by atoms with Crippen molar-refractivity contribution in [3.8, 4) is 0 Å². The van der Waals surface area contributed by atoms with Crippen molar-refractivity contribution in [3.63, 3.8) is 0 Å². The van der Waals surface area contributed by atoms with Crippen LogP contribution >= 0.6 is 0 Å². The zero-order valence-corrected chi connectivity index (χ0v) is 14.9. The lowest BCUT2D eigenvalue weighted by Crippen LogP contribution is -2.22. The number of methoxy groups -OCH3 is 1. The molecule has 0 bridgehead atoms. The van der Waals surface area contributed by atoms with Gasteiger partial charge < -0.3 is 19.8 Å². The van der Waals surface area contributed by atoms with Crippen molar-refractivity contribution in [1.29, 1.82) is 0 Å². The monoisotopic (exact) mass is 366 g/mol. The summed E-state index contributed by atoms with van der Waals surface area (Å²) in [6, 6.07) is 13.5. The molecule has 0 saturated carbocycles. The van der Waals surface area contributed by atoms with Crippen LogP contribution in [0, 0.1) is 6.92 Å². The van der Waals surface area contributed by atoms with E-state index in [1.807, 2.05) is 0 Å². The predicted molar refractivity (Wildman–Crippen MR) is 102 cm³/mol. The summed E-state index contributed by atoms with van der Waals surface area (Å²) >= 11 is 0. The fourth-order valence-electron chi connectivity index (χ4n) is 2.63. The van der Waals surface area contributed by atoms with Gasteiger partial charge in [0, 0.05) is 23.9 Å². The lowest BCUT2D eigenvalue weighted by atomic mass is 10.1. The van der Waals surface area contributed by atoms with E-state index in [1.165, 1.54) is 13.2 Å². The van der Waals surface area contributed by atoms with E-state index in [4.69, 9.17) is 9.15 Å². The third-order valence-electron chi connectivity index (χ3n) is 4.02. The van der Waals surface area contributed by atoms with Crippen LogP contribution in [0.25, 0.3) is 11.0 Å². The van der Waals surface area contributed by atoms with Crippen LogP contribution in [0.3, 0.4) is 0 Å². The van der Waals surface area contributed by atoms with Gasteiger partial charge in [0.15, 0.2) is 0 Å². The summed E-state index contributed by atoms with van der Waals surface area (Å²) in [5, 5.41) is 6.05. The zero-order chi connectivity index (χ0) is 19.4. The molecular weight excluding hydrogens is 348 g/mol. The molecule has 0 radical (unpaired) electrons. The molecule has 7 heteroatoms. The average molecular weight is 366 g/mol. The number of ether oxygens (including phenoxy) is 1. The Morgan fingerprint density at radius 3 is 2.48 bits per heavy atom. The van der Waals surface area contributed by atoms with Crippen LogP contribution in [-0.4, -0.2) is 25.5 Å². The molecule has 27 heavy (non-hydrogen) atoms. The van der Waals surface area contributed by atoms with E-state index in [9.17, 15) is 14.4 Å². The molecule has 0 spiro atoms. The van der Waals surface area contributed by atoms with E-state index in [0.717, 1.165) is 0 Å². The maximum absolute atomic E-state index is 12.6. The van der Waals surface area contributed by atoms with Crippen molar-refractivity contribution in [3.05, 3.63) is 70.1 Å². The number of fused-ring (bicyclic) bond motifs is 1. The van der Waals surface area contributed by atoms with Gasteiger partial charge in [-0.3, -0.25) is 9.59 Å². The summed E-state index contributed by atoms with van der Waals surface area (Å²) in [5.41, 5.74) is 1.28. The molecule has 2 N–H and O–H groups in total. The number of para-hydroxylation sites is 1. The van der Waals surface area contributed by atoms with Crippen LogP contribution in [-0.2, 0) is 9.53 Å². The largest absolute Gasteiger partial charge is 0.422 e. The molecule has 0 atom stereocenters. The van der Waals surface area contributed by atoms with Crippen molar-refractivity contribution in [2.45, 2.75) is 6.92 Å². The number of rotatable bonds is 5. The maximum Gasteiger partial charge on any atom is 0.349 e. The van der Waals surface area contributed by atoms with Gasteiger partial charge in [0.1, 0.15) is 17.8 Å². The number of benzene rings is 2. The normalized spacial score (nSPS) is 10.6. The van der Waals surface area contributed by atoms with Crippen LogP contribution in [0.1, 0.15) is 15.9 Å². The molecule has 2 amide bonds. The van der Waals surface area contributed by atoms with E-state index in [1.54, 1.807) is 49.4 Å². The molecule has 0 unspecified atom stereocenters. The van der Waals surface area contributed by atoms with Crippen molar-refractivity contribution in [1.82, 2.24) is 0 Å². The molecule has 7 nitrogen and oxygen atoms in total. The Labute approximate surface area is 154 Å². The summed E-state index contributed by atoms with van der Waals surface area (Å²) in [6.07, 6.45) is 0. The minimum absolute atomic E-state index is 0.0752. The summed E-state index contributed by atoms with van der Waals surface area (Å²) in [5.74, 6) is -0.891. The van der Waals surface area contributed by atoms with E-state index in [-0.39, 0.29) is 18.1 Å². The van der Waals surface area contributed by atoms with Crippen LogP contribution in [0.15, 0.2) is 57.7 Å². The van der Waals surface area contributed by atoms with Crippen molar-refractivity contribution < 1.29 is 18.7 Å². The number of carbonyl (C=O) groups excluding carboxylic acids is 2. The van der Waals surface area contributed by atoms with Gasteiger partial charge >= 0.3 is 5.63 Å². The number of hydrogen-bond donors (Lipinski definition) is 2. The van der Waals surface area contributed by atoms with Gasteiger partial charge in [-0.1, -0.05) is 24.3 Å². The third-order valence-corrected chi connectivity index (χ3v) is 4.02. The van der Waals surface area contributed by atoms with Gasteiger partial charge in [0.05, 0.1) is 0 Å². The lowest BCUT2D eigenvalue weighted by Gasteiger charge is -2.13. The second-order valence-corrected chi connectivity index (χ2v) is 5.90. The quantitative estimate of drug-likeness (QED) is 0.677. The first-order valence-corrected chi connectivity index (χ1v) is 8.22. The number of hydrogen-bond acceptors (Lipinski definition) is 5. The van der Waals surface area contributed by atoms with Gasteiger partial charge in [0.25, 0.3) is 5.91 Å². The fourth-order valence-corrected chi connectivity index (χ4v) is 2.63. The minimum atomic E-state index is -0.714. The number of anilines is 2. The topological polar surface area (TPSA) is 97.6 Å². The van der Waals surface area contributed by atoms with Crippen molar-refractivity contribution in [2.75, 3.05) is 24.4 Å². The minimum Gasteiger partial charge on any atom is -0.422 e. The first-order chi connectivity index (χ1) is 13.0. The fraction of sp³-hybridized carbons (Fsp3) is 0.150. The smallest absolute Gasteiger partial charge is 0.349 e. The van der Waals surface area contributed by atoms with E-state index in [0.29, 0.717) is 27.9 Å². The molecule has 3 rings (SSSR count). The molecule has 138 valence electrons. The Bertz CT molecular complexity index is 1070. The van der Waals surface area contributed by atoms with Gasteiger partial charge in [-0.25, -0.2) is 4.79 Å². The summed E-state index contributed by atoms with van der Waals surface area (Å²) in [6.45, 7) is 1.68. The highest BCUT2D eigenvalue weighted by molar-refractivity contribution is 6.06. The van der Waals surface area contributed by atoms with Crippen LogP contribution in [0.2, 0.25) is 0 Å². The van der Waals surface area contributed by atoms with E-state index in [2.05, 4.69) is 10.6 Å². The molecular formula is C20H18N2O5. The third kappa shape index (κ3) is 4.04. The zero-order valence-electron chi connectivity index (χ0n) is 14.9. The Morgan fingerprint density at radius 2 is 1.74 bits per heavy atom. The lowest BCUT2D eigenvalue weighted by molar-refractivity contribution is -0.119. The van der Waals surface area contributed by atoms with Crippen LogP contribution < -0.4 is 16.3 Å². The van der Waals surface area contributed by atoms with Crippen molar-refractivity contribution >= 4 is 34.2 Å². The van der Waals surface area contributed by atoms with Gasteiger partial charge in [-0.05, 0) is 36.8 Å². The molecule has 2 aromatic carbocycles. The van der Waals surface area contributed by atoms with E-state index >= 15 is 0 Å². The van der Waals surface area contributed by atoms with Gasteiger partial charge in [0.2, 0.25) is 5.91 Å². The summed E-state index contributed by atoms with van der Waals surface area (Å²) in [7, 11) is 1.43. The molecule has 1 aromatic heterocycles. The molecule has 0 aliphatic heterocycles. The highest BCUT2D eigenvalue weighted by atomic mass is 16.5. The Kier molecular flexibility index (Phi) is 5.33. The highest BCUT2D eigenvalue weighted by Crippen LogP contribution is 2.24. The maximum atomic E-state index is 12.6. The van der Waals surface area contributed by atoms with Gasteiger partial charge in [-0.2, -0.15) is 0 Å². The Hall–Kier alpha value is -3.45. The number of carbonyl (C=O) groups is 2. The van der Waals surface area contributed by atoms with E-state index < -0.39 is 11.5 Å². The predicted octanol–water partition coefficient (Wildman–Crippen LogP) is 2.94. The molecule has 0 fully saturated rings. The van der Waals surface area contributed by atoms with Crippen molar-refractivity contribution in [2.24, 2.45) is 0 Å². The molecule has 3 aromatic rings. The Balaban J connectivity index is 1.87. The second kappa shape index (κ2) is 7.84. The summed E-state index contributed by atoms with van der Waals surface area (Å²) in [4.78, 5) is 36.4. The number of nitrogens with one attached hydrogen (secondary N) is 2. The molecule has 0 saturated heterocycles. The molecule has 0 aliphatic carbocycles.